The van der Waals surface area contributed by atoms with E-state index in [0.717, 1.165) is 0 Å². The second-order valence-corrected chi connectivity index (χ2v) is 6.32. The number of halogens is 3. The standard InChI is InChI=1S/C19H16F3N3O3/c1-24-5-6-25(10-16(24)26)19(28)11-3-2-4-13(7-11)23-18(27)17-14(21)8-12(20)9-15(17)22/h2-4,7-9H,5-6,10H2,1H3,(H,23,27). The Morgan fingerprint density at radius 1 is 1.04 bits per heavy atom. The van der Waals surface area contributed by atoms with Gasteiger partial charge in [-0.3, -0.25) is 14.4 Å². The van der Waals surface area contributed by atoms with Gasteiger partial charge in [-0.15, -0.1) is 0 Å². The fourth-order valence-corrected chi connectivity index (χ4v) is 2.80. The molecule has 9 heteroatoms. The average molecular weight is 391 g/mol. The second-order valence-electron chi connectivity index (χ2n) is 6.32. The van der Waals surface area contributed by atoms with Gasteiger partial charge in [-0.25, -0.2) is 13.2 Å². The van der Waals surface area contributed by atoms with E-state index in [1.54, 1.807) is 7.05 Å². The number of benzene rings is 2. The number of nitrogens with zero attached hydrogens (tertiary/aromatic N) is 2. The molecule has 2 aromatic rings. The van der Waals surface area contributed by atoms with Crippen molar-refractivity contribution in [3.05, 3.63) is 65.0 Å². The quantitative estimate of drug-likeness (QED) is 0.873. The van der Waals surface area contributed by atoms with Gasteiger partial charge in [0.15, 0.2) is 0 Å². The molecular formula is C19H16F3N3O3. The lowest BCUT2D eigenvalue weighted by Crippen LogP contribution is -2.50. The molecule has 0 saturated carbocycles. The number of hydrogen-bond donors (Lipinski definition) is 1. The molecule has 0 aliphatic carbocycles. The van der Waals surface area contributed by atoms with Crippen LogP contribution in [0.25, 0.3) is 0 Å². The van der Waals surface area contributed by atoms with Crippen molar-refractivity contribution in [2.24, 2.45) is 0 Å². The number of piperazine rings is 1. The molecule has 28 heavy (non-hydrogen) atoms. The van der Waals surface area contributed by atoms with Crippen LogP contribution in [0, 0.1) is 17.5 Å². The summed E-state index contributed by atoms with van der Waals surface area (Å²) in [6.45, 7) is 0.714. The van der Waals surface area contributed by atoms with Crippen molar-refractivity contribution >= 4 is 23.4 Å². The predicted molar refractivity (Wildman–Crippen MR) is 94.3 cm³/mol. The molecule has 1 heterocycles. The molecule has 0 atom stereocenters. The van der Waals surface area contributed by atoms with Gasteiger partial charge in [-0.2, -0.15) is 0 Å². The lowest BCUT2D eigenvalue weighted by molar-refractivity contribution is -0.133. The average Bonchev–Trinajstić information content (AvgIpc) is 2.62. The van der Waals surface area contributed by atoms with E-state index in [-0.39, 0.29) is 23.7 Å². The van der Waals surface area contributed by atoms with Crippen LogP contribution in [-0.4, -0.2) is 54.2 Å². The Morgan fingerprint density at radius 2 is 1.71 bits per heavy atom. The van der Waals surface area contributed by atoms with Gasteiger partial charge in [-0.1, -0.05) is 6.07 Å². The van der Waals surface area contributed by atoms with Crippen molar-refractivity contribution in [3.63, 3.8) is 0 Å². The Kier molecular flexibility index (Phi) is 5.34. The van der Waals surface area contributed by atoms with E-state index in [1.165, 1.54) is 34.1 Å². The fraction of sp³-hybridized carbons (Fsp3) is 0.211. The smallest absolute Gasteiger partial charge is 0.261 e. The Morgan fingerprint density at radius 3 is 2.36 bits per heavy atom. The molecule has 1 fully saturated rings. The SMILES string of the molecule is CN1CCN(C(=O)c2cccc(NC(=O)c3c(F)cc(F)cc3F)c2)CC1=O. The molecule has 1 aliphatic heterocycles. The van der Waals surface area contributed by atoms with Gasteiger partial charge in [-0.05, 0) is 18.2 Å². The predicted octanol–water partition coefficient (Wildman–Crippen LogP) is 2.27. The van der Waals surface area contributed by atoms with Gasteiger partial charge in [0.05, 0.1) is 0 Å². The van der Waals surface area contributed by atoms with Gasteiger partial charge in [0.25, 0.3) is 11.8 Å². The number of anilines is 1. The monoisotopic (exact) mass is 391 g/mol. The molecular weight excluding hydrogens is 375 g/mol. The number of likely N-dealkylation sites (N-methyl/N-ethyl adjacent to an activating group) is 1. The molecule has 3 amide bonds. The zero-order valence-electron chi connectivity index (χ0n) is 14.8. The highest BCUT2D eigenvalue weighted by molar-refractivity contribution is 6.05. The van der Waals surface area contributed by atoms with Crippen molar-refractivity contribution in [1.82, 2.24) is 9.80 Å². The lowest BCUT2D eigenvalue weighted by atomic mass is 10.1. The zero-order valence-corrected chi connectivity index (χ0v) is 14.8. The zero-order chi connectivity index (χ0) is 20.4. The van der Waals surface area contributed by atoms with Gasteiger partial charge >= 0.3 is 0 Å². The van der Waals surface area contributed by atoms with Crippen LogP contribution >= 0.6 is 0 Å². The molecule has 0 bridgehead atoms. The summed E-state index contributed by atoms with van der Waals surface area (Å²) in [7, 11) is 1.65. The Balaban J connectivity index is 1.78. The lowest BCUT2D eigenvalue weighted by Gasteiger charge is -2.32. The second kappa shape index (κ2) is 7.71. The number of carbonyl (C=O) groups excluding carboxylic acids is 3. The van der Waals surface area contributed by atoms with Crippen molar-refractivity contribution < 1.29 is 27.6 Å². The molecule has 6 nitrogen and oxygen atoms in total. The first kappa shape index (κ1) is 19.4. The van der Waals surface area contributed by atoms with Crippen LogP contribution in [0.3, 0.4) is 0 Å². The molecule has 3 rings (SSSR count). The minimum atomic E-state index is -1.34. The van der Waals surface area contributed by atoms with Crippen LogP contribution in [0.1, 0.15) is 20.7 Å². The third-order valence-electron chi connectivity index (χ3n) is 4.35. The fourth-order valence-electron chi connectivity index (χ4n) is 2.80. The van der Waals surface area contributed by atoms with E-state index in [9.17, 15) is 27.6 Å². The minimum Gasteiger partial charge on any atom is -0.342 e. The maximum absolute atomic E-state index is 13.7. The van der Waals surface area contributed by atoms with Crippen molar-refractivity contribution in [3.8, 4) is 0 Å². The van der Waals surface area contributed by atoms with Gasteiger partial charge < -0.3 is 15.1 Å². The molecule has 0 spiro atoms. The van der Waals surface area contributed by atoms with Gasteiger partial charge in [0.2, 0.25) is 5.91 Å². The van der Waals surface area contributed by atoms with Gasteiger partial charge in [0, 0.05) is 43.5 Å². The molecule has 0 aromatic heterocycles. The normalized spacial score (nSPS) is 14.2. The van der Waals surface area contributed by atoms with Crippen molar-refractivity contribution in [2.75, 3.05) is 32.0 Å². The van der Waals surface area contributed by atoms with E-state index < -0.39 is 34.8 Å². The highest BCUT2D eigenvalue weighted by Crippen LogP contribution is 2.19. The molecule has 2 aromatic carbocycles. The third-order valence-corrected chi connectivity index (χ3v) is 4.35. The maximum Gasteiger partial charge on any atom is 0.261 e. The summed E-state index contributed by atoms with van der Waals surface area (Å²) in [5.74, 6) is -5.52. The largest absolute Gasteiger partial charge is 0.342 e. The first-order chi connectivity index (χ1) is 13.3. The van der Waals surface area contributed by atoms with Crippen LogP contribution in [0.2, 0.25) is 0 Å². The van der Waals surface area contributed by atoms with Crippen LogP contribution in [0.4, 0.5) is 18.9 Å². The summed E-state index contributed by atoms with van der Waals surface area (Å²) < 4.78 is 40.5. The molecule has 1 saturated heterocycles. The van der Waals surface area contributed by atoms with Crippen molar-refractivity contribution in [1.29, 1.82) is 0 Å². The first-order valence-electron chi connectivity index (χ1n) is 8.35. The number of hydrogen-bond acceptors (Lipinski definition) is 3. The third kappa shape index (κ3) is 3.98. The summed E-state index contributed by atoms with van der Waals surface area (Å²) in [5.41, 5.74) is -0.600. The molecule has 1 aliphatic rings. The molecule has 0 unspecified atom stereocenters. The highest BCUT2D eigenvalue weighted by Gasteiger charge is 2.26. The molecule has 146 valence electrons. The van der Waals surface area contributed by atoms with Crippen LogP contribution < -0.4 is 5.32 Å². The summed E-state index contributed by atoms with van der Waals surface area (Å²) >= 11 is 0. The van der Waals surface area contributed by atoms with Gasteiger partial charge in [0.1, 0.15) is 29.6 Å². The maximum atomic E-state index is 13.7. The van der Waals surface area contributed by atoms with E-state index in [0.29, 0.717) is 25.2 Å². The highest BCUT2D eigenvalue weighted by atomic mass is 19.1. The topological polar surface area (TPSA) is 69.7 Å². The van der Waals surface area contributed by atoms with E-state index in [1.807, 2.05) is 0 Å². The van der Waals surface area contributed by atoms with E-state index in [4.69, 9.17) is 0 Å². The van der Waals surface area contributed by atoms with E-state index in [2.05, 4.69) is 5.32 Å². The summed E-state index contributed by atoms with van der Waals surface area (Å²) in [6.07, 6.45) is 0. The molecule has 1 N–H and O–H groups in total. The molecule has 0 radical (unpaired) electrons. The summed E-state index contributed by atoms with van der Waals surface area (Å²) in [6, 6.07) is 6.56. The Labute approximate surface area is 158 Å². The number of rotatable bonds is 3. The Hall–Kier alpha value is -3.36. The van der Waals surface area contributed by atoms with Crippen molar-refractivity contribution in [2.45, 2.75) is 0 Å². The first-order valence-corrected chi connectivity index (χ1v) is 8.35. The number of nitrogens with one attached hydrogen (secondary N) is 1. The van der Waals surface area contributed by atoms with Crippen LogP contribution in [0.5, 0.6) is 0 Å². The number of carbonyl (C=O) groups is 3. The Bertz CT molecular complexity index is 941. The van der Waals surface area contributed by atoms with Crippen LogP contribution in [-0.2, 0) is 4.79 Å². The summed E-state index contributed by atoms with van der Waals surface area (Å²) in [5, 5.41) is 2.29. The van der Waals surface area contributed by atoms with Crippen LogP contribution in [0.15, 0.2) is 36.4 Å². The summed E-state index contributed by atoms with van der Waals surface area (Å²) in [4.78, 5) is 39.4. The van der Waals surface area contributed by atoms with E-state index >= 15 is 0 Å². The number of amides is 3. The minimum absolute atomic E-state index is 0.0576.